The number of hydrogen-bond acceptors (Lipinski definition) is 3. The number of rotatable bonds is 1. The summed E-state index contributed by atoms with van der Waals surface area (Å²) in [7, 11) is -4.31. The van der Waals surface area contributed by atoms with Crippen molar-refractivity contribution in [3.63, 3.8) is 0 Å². The van der Waals surface area contributed by atoms with Crippen LogP contribution < -0.4 is 29.6 Å². The van der Waals surface area contributed by atoms with Gasteiger partial charge in [-0.3, -0.25) is 0 Å². The Morgan fingerprint density at radius 1 is 1.21 bits per heavy atom. The molecular formula is C8H11NaO4S. The molecule has 0 heterocycles. The van der Waals surface area contributed by atoms with E-state index in [4.69, 9.17) is 0 Å². The van der Waals surface area contributed by atoms with E-state index < -0.39 is 10.1 Å². The van der Waals surface area contributed by atoms with E-state index in [9.17, 15) is 13.0 Å². The molecule has 0 spiro atoms. The first-order valence-electron chi connectivity index (χ1n) is 3.44. The zero-order valence-electron chi connectivity index (χ0n) is 8.37. The molecule has 1 aromatic carbocycles. The molecule has 0 bridgehead atoms. The second-order valence-corrected chi connectivity index (χ2v) is 4.07. The van der Waals surface area contributed by atoms with Gasteiger partial charge in [-0.1, -0.05) is 12.1 Å². The SMILES string of the molecule is Cc1ccc(C)c(S(=O)(=O)[O-])c1.O.[Na+]. The van der Waals surface area contributed by atoms with E-state index >= 15 is 0 Å². The predicted octanol–water partition coefficient (Wildman–Crippen LogP) is -2.61. The van der Waals surface area contributed by atoms with Gasteiger partial charge in [-0.05, 0) is 31.0 Å². The summed E-state index contributed by atoms with van der Waals surface area (Å²) in [6.45, 7) is 3.35. The van der Waals surface area contributed by atoms with Crippen LogP contribution in [0.5, 0.6) is 0 Å². The van der Waals surface area contributed by atoms with Crippen LogP contribution >= 0.6 is 0 Å². The summed E-state index contributed by atoms with van der Waals surface area (Å²) in [5.74, 6) is 0. The van der Waals surface area contributed by atoms with Crippen LogP contribution in [0.3, 0.4) is 0 Å². The summed E-state index contributed by atoms with van der Waals surface area (Å²) < 4.78 is 32.0. The molecule has 0 saturated carbocycles. The van der Waals surface area contributed by atoms with Crippen LogP contribution in [-0.4, -0.2) is 18.4 Å². The fraction of sp³-hybridized carbons (Fsp3) is 0.250. The van der Waals surface area contributed by atoms with Crippen LogP contribution in [0.4, 0.5) is 0 Å². The topological polar surface area (TPSA) is 88.7 Å². The maximum absolute atomic E-state index is 10.7. The van der Waals surface area contributed by atoms with E-state index in [2.05, 4.69) is 0 Å². The minimum Gasteiger partial charge on any atom is -0.744 e. The summed E-state index contributed by atoms with van der Waals surface area (Å²) in [5, 5.41) is 0. The number of benzene rings is 1. The van der Waals surface area contributed by atoms with E-state index in [0.717, 1.165) is 5.56 Å². The second-order valence-electron chi connectivity index (χ2n) is 2.72. The predicted molar refractivity (Wildman–Crippen MR) is 47.5 cm³/mol. The molecule has 0 aliphatic heterocycles. The largest absolute Gasteiger partial charge is 1.00 e. The molecule has 0 saturated heterocycles. The number of hydrogen-bond donors (Lipinski definition) is 0. The van der Waals surface area contributed by atoms with Crippen LogP contribution in [0.2, 0.25) is 0 Å². The standard InChI is InChI=1S/C8H10O3S.Na.H2O/c1-6-3-4-7(2)8(5-6)12(9,10)11;;/h3-5H,1-2H3,(H,9,10,11);;1H2/q;+1;/p-1. The van der Waals surface area contributed by atoms with Gasteiger partial charge in [-0.15, -0.1) is 0 Å². The maximum Gasteiger partial charge on any atom is 1.00 e. The normalized spacial score (nSPS) is 9.93. The van der Waals surface area contributed by atoms with Crippen molar-refractivity contribution in [3.8, 4) is 0 Å². The molecule has 1 aromatic rings. The van der Waals surface area contributed by atoms with Gasteiger partial charge in [0, 0.05) is 0 Å². The van der Waals surface area contributed by atoms with Crippen molar-refractivity contribution in [2.75, 3.05) is 0 Å². The van der Waals surface area contributed by atoms with Crippen molar-refractivity contribution in [3.05, 3.63) is 29.3 Å². The third-order valence-corrected chi connectivity index (χ3v) is 2.59. The summed E-state index contributed by atoms with van der Waals surface area (Å²) in [6.07, 6.45) is 0. The smallest absolute Gasteiger partial charge is 0.744 e. The molecule has 14 heavy (non-hydrogen) atoms. The van der Waals surface area contributed by atoms with Gasteiger partial charge in [0.25, 0.3) is 0 Å². The summed E-state index contributed by atoms with van der Waals surface area (Å²) in [4.78, 5) is -0.123. The summed E-state index contributed by atoms with van der Waals surface area (Å²) in [6, 6.07) is 4.78. The molecule has 0 aliphatic rings. The first kappa shape index (κ1) is 16.5. The van der Waals surface area contributed by atoms with Crippen molar-refractivity contribution in [2.24, 2.45) is 0 Å². The van der Waals surface area contributed by atoms with Gasteiger partial charge in [-0.2, -0.15) is 0 Å². The van der Waals surface area contributed by atoms with E-state index in [1.54, 1.807) is 26.0 Å². The molecule has 0 atom stereocenters. The van der Waals surface area contributed by atoms with Gasteiger partial charge in [-0.25, -0.2) is 8.42 Å². The fourth-order valence-corrected chi connectivity index (χ4v) is 1.77. The van der Waals surface area contributed by atoms with Gasteiger partial charge >= 0.3 is 29.6 Å². The Morgan fingerprint density at radius 3 is 2.07 bits per heavy atom. The van der Waals surface area contributed by atoms with Gasteiger partial charge in [0.2, 0.25) is 0 Å². The quantitative estimate of drug-likeness (QED) is 0.388. The zero-order chi connectivity index (χ0) is 9.35. The summed E-state index contributed by atoms with van der Waals surface area (Å²) in [5.41, 5.74) is 1.27. The monoisotopic (exact) mass is 226 g/mol. The minimum absolute atomic E-state index is 0. The van der Waals surface area contributed by atoms with Gasteiger partial charge < -0.3 is 10.0 Å². The Bertz CT molecular complexity index is 400. The Kier molecular flexibility index (Phi) is 6.90. The maximum atomic E-state index is 10.7. The number of aryl methyl sites for hydroxylation is 2. The second kappa shape index (κ2) is 5.85. The van der Waals surface area contributed by atoms with Crippen molar-refractivity contribution in [1.82, 2.24) is 0 Å². The first-order valence-corrected chi connectivity index (χ1v) is 4.85. The van der Waals surface area contributed by atoms with E-state index in [1.165, 1.54) is 6.07 Å². The molecule has 0 aliphatic carbocycles. The van der Waals surface area contributed by atoms with E-state index in [1.807, 2.05) is 0 Å². The van der Waals surface area contributed by atoms with Crippen molar-refractivity contribution < 1.29 is 48.0 Å². The Balaban J connectivity index is 0. The Morgan fingerprint density at radius 2 is 1.71 bits per heavy atom. The summed E-state index contributed by atoms with van der Waals surface area (Å²) >= 11 is 0. The molecule has 1 rings (SSSR count). The molecular weight excluding hydrogens is 215 g/mol. The van der Waals surface area contributed by atoms with Crippen LogP contribution in [0, 0.1) is 13.8 Å². The molecule has 0 unspecified atom stereocenters. The Labute approximate surface area is 106 Å². The van der Waals surface area contributed by atoms with Gasteiger partial charge in [0.15, 0.2) is 0 Å². The molecule has 74 valence electrons. The van der Waals surface area contributed by atoms with Crippen LogP contribution in [-0.2, 0) is 10.1 Å². The van der Waals surface area contributed by atoms with Gasteiger partial charge in [0.05, 0.1) is 4.90 Å². The third kappa shape index (κ3) is 4.08. The van der Waals surface area contributed by atoms with Gasteiger partial charge in [0.1, 0.15) is 10.1 Å². The van der Waals surface area contributed by atoms with E-state index in [-0.39, 0.29) is 39.9 Å². The van der Waals surface area contributed by atoms with Crippen LogP contribution in [0.25, 0.3) is 0 Å². The molecule has 4 nitrogen and oxygen atoms in total. The Hall–Kier alpha value is 0.0900. The van der Waals surface area contributed by atoms with Crippen LogP contribution in [0.1, 0.15) is 11.1 Å². The van der Waals surface area contributed by atoms with Crippen molar-refractivity contribution >= 4 is 10.1 Å². The van der Waals surface area contributed by atoms with E-state index in [0.29, 0.717) is 5.56 Å². The molecule has 0 aromatic heterocycles. The molecule has 0 fully saturated rings. The first-order chi connectivity index (χ1) is 5.41. The third-order valence-electron chi connectivity index (χ3n) is 1.61. The van der Waals surface area contributed by atoms with Crippen molar-refractivity contribution in [2.45, 2.75) is 18.7 Å². The minimum atomic E-state index is -4.31. The van der Waals surface area contributed by atoms with Crippen molar-refractivity contribution in [1.29, 1.82) is 0 Å². The molecule has 0 amide bonds. The van der Waals surface area contributed by atoms with Crippen LogP contribution in [0.15, 0.2) is 23.1 Å². The molecule has 6 heteroatoms. The average Bonchev–Trinajstić information content (AvgIpc) is 1.92. The fourth-order valence-electron chi connectivity index (χ4n) is 0.977. The molecule has 0 radical (unpaired) electrons. The average molecular weight is 226 g/mol. The zero-order valence-corrected chi connectivity index (χ0v) is 11.2. The molecule has 2 N–H and O–H groups in total.